The van der Waals surface area contributed by atoms with Crippen molar-refractivity contribution in [1.29, 1.82) is 0 Å². The molecule has 0 fully saturated rings. The highest BCUT2D eigenvalue weighted by atomic mass is 16.3. The molecule has 0 radical (unpaired) electrons. The SMILES string of the molecule is C=CCN(C(=O)c1coc(-c2cccnc2)n1)C(C)(C)C. The number of hydrogen-bond acceptors (Lipinski definition) is 4. The van der Waals surface area contributed by atoms with Gasteiger partial charge in [-0.25, -0.2) is 4.98 Å². The van der Waals surface area contributed by atoms with Gasteiger partial charge in [-0.1, -0.05) is 6.08 Å². The number of hydrogen-bond donors (Lipinski definition) is 0. The minimum Gasteiger partial charge on any atom is -0.444 e. The molecule has 0 saturated heterocycles. The zero-order valence-electron chi connectivity index (χ0n) is 12.5. The predicted molar refractivity (Wildman–Crippen MR) is 80.7 cm³/mol. The van der Waals surface area contributed by atoms with Gasteiger partial charge in [0, 0.05) is 24.5 Å². The molecule has 0 aliphatic rings. The number of rotatable bonds is 4. The predicted octanol–water partition coefficient (Wildman–Crippen LogP) is 3.16. The van der Waals surface area contributed by atoms with E-state index in [4.69, 9.17) is 4.42 Å². The topological polar surface area (TPSA) is 59.2 Å². The molecular weight excluding hydrogens is 266 g/mol. The van der Waals surface area contributed by atoms with Crippen LogP contribution in [-0.2, 0) is 0 Å². The van der Waals surface area contributed by atoms with Crippen molar-refractivity contribution < 1.29 is 9.21 Å². The Morgan fingerprint density at radius 1 is 1.48 bits per heavy atom. The lowest BCUT2D eigenvalue weighted by atomic mass is 10.1. The fourth-order valence-corrected chi connectivity index (χ4v) is 1.92. The summed E-state index contributed by atoms with van der Waals surface area (Å²) >= 11 is 0. The highest BCUT2D eigenvalue weighted by Crippen LogP contribution is 2.21. The highest BCUT2D eigenvalue weighted by Gasteiger charge is 2.28. The molecule has 110 valence electrons. The highest BCUT2D eigenvalue weighted by molar-refractivity contribution is 5.93. The van der Waals surface area contributed by atoms with Gasteiger partial charge in [0.25, 0.3) is 5.91 Å². The average Bonchev–Trinajstić information content (AvgIpc) is 2.93. The fraction of sp³-hybridized carbons (Fsp3) is 0.312. The van der Waals surface area contributed by atoms with E-state index in [9.17, 15) is 4.79 Å². The van der Waals surface area contributed by atoms with Gasteiger partial charge in [-0.05, 0) is 32.9 Å². The van der Waals surface area contributed by atoms with Crippen LogP contribution < -0.4 is 0 Å². The standard InChI is InChI=1S/C16H19N3O2/c1-5-9-19(16(2,3)4)15(20)13-11-21-14(18-13)12-7-6-8-17-10-12/h5-8,10-11H,1,9H2,2-4H3. The van der Waals surface area contributed by atoms with Gasteiger partial charge in [-0.3, -0.25) is 9.78 Å². The number of carbonyl (C=O) groups is 1. The molecule has 2 heterocycles. The summed E-state index contributed by atoms with van der Waals surface area (Å²) in [6, 6.07) is 3.62. The monoisotopic (exact) mass is 285 g/mol. The maximum absolute atomic E-state index is 12.6. The van der Waals surface area contributed by atoms with Crippen LogP contribution in [0.25, 0.3) is 11.5 Å². The largest absolute Gasteiger partial charge is 0.444 e. The zero-order chi connectivity index (χ0) is 15.5. The molecule has 2 aromatic heterocycles. The maximum Gasteiger partial charge on any atom is 0.276 e. The summed E-state index contributed by atoms with van der Waals surface area (Å²) in [5.74, 6) is 0.209. The van der Waals surface area contributed by atoms with Crippen LogP contribution in [0.4, 0.5) is 0 Å². The summed E-state index contributed by atoms with van der Waals surface area (Å²) in [6.45, 7) is 10.1. The smallest absolute Gasteiger partial charge is 0.276 e. The van der Waals surface area contributed by atoms with E-state index in [1.165, 1.54) is 6.26 Å². The number of nitrogens with zero attached hydrogens (tertiary/aromatic N) is 3. The molecule has 0 unspecified atom stereocenters. The lowest BCUT2D eigenvalue weighted by molar-refractivity contribution is 0.0610. The Morgan fingerprint density at radius 2 is 2.24 bits per heavy atom. The summed E-state index contributed by atoms with van der Waals surface area (Å²) < 4.78 is 5.39. The molecule has 5 heteroatoms. The molecule has 5 nitrogen and oxygen atoms in total. The molecule has 0 aliphatic heterocycles. The lowest BCUT2D eigenvalue weighted by Gasteiger charge is -2.34. The van der Waals surface area contributed by atoms with E-state index in [1.807, 2.05) is 26.8 Å². The van der Waals surface area contributed by atoms with Crippen molar-refractivity contribution in [1.82, 2.24) is 14.9 Å². The van der Waals surface area contributed by atoms with E-state index in [1.54, 1.807) is 29.4 Å². The Bertz CT molecular complexity index is 626. The zero-order valence-corrected chi connectivity index (χ0v) is 12.5. The lowest BCUT2D eigenvalue weighted by Crippen LogP contribution is -2.45. The minimum atomic E-state index is -0.321. The molecule has 0 bridgehead atoms. The van der Waals surface area contributed by atoms with Crippen molar-refractivity contribution >= 4 is 5.91 Å². The first-order chi connectivity index (χ1) is 9.93. The molecule has 21 heavy (non-hydrogen) atoms. The van der Waals surface area contributed by atoms with Crippen LogP contribution in [0.5, 0.6) is 0 Å². The molecule has 2 aromatic rings. The van der Waals surface area contributed by atoms with Gasteiger partial charge >= 0.3 is 0 Å². The van der Waals surface area contributed by atoms with Gasteiger partial charge < -0.3 is 9.32 Å². The molecule has 1 amide bonds. The molecule has 0 N–H and O–H groups in total. The van der Waals surface area contributed by atoms with Crippen LogP contribution >= 0.6 is 0 Å². The van der Waals surface area contributed by atoms with E-state index in [0.29, 0.717) is 12.4 Å². The van der Waals surface area contributed by atoms with Crippen molar-refractivity contribution in [3.63, 3.8) is 0 Å². The maximum atomic E-state index is 12.6. The van der Waals surface area contributed by atoms with Gasteiger partial charge in [0.05, 0.1) is 5.56 Å². The van der Waals surface area contributed by atoms with E-state index in [-0.39, 0.29) is 17.1 Å². The second kappa shape index (κ2) is 5.91. The molecular formula is C16H19N3O2. The average molecular weight is 285 g/mol. The molecule has 0 saturated carbocycles. The fourth-order valence-electron chi connectivity index (χ4n) is 1.92. The van der Waals surface area contributed by atoms with E-state index in [0.717, 1.165) is 5.56 Å². The summed E-state index contributed by atoms with van der Waals surface area (Å²) in [7, 11) is 0. The van der Waals surface area contributed by atoms with Crippen LogP contribution in [-0.4, -0.2) is 32.9 Å². The van der Waals surface area contributed by atoms with Crippen molar-refractivity contribution in [2.24, 2.45) is 0 Å². The van der Waals surface area contributed by atoms with Crippen molar-refractivity contribution in [3.8, 4) is 11.5 Å². The van der Waals surface area contributed by atoms with Crippen LogP contribution in [0.1, 0.15) is 31.3 Å². The first kappa shape index (κ1) is 15.0. The van der Waals surface area contributed by atoms with Crippen LogP contribution in [0.15, 0.2) is 47.9 Å². The van der Waals surface area contributed by atoms with Gasteiger partial charge in [-0.2, -0.15) is 0 Å². The molecule has 0 atom stereocenters. The second-order valence-corrected chi connectivity index (χ2v) is 5.65. The Balaban J connectivity index is 2.28. The molecule has 0 aromatic carbocycles. The number of oxazole rings is 1. The van der Waals surface area contributed by atoms with Gasteiger partial charge in [-0.15, -0.1) is 6.58 Å². The van der Waals surface area contributed by atoms with Crippen molar-refractivity contribution in [3.05, 3.63) is 49.1 Å². The van der Waals surface area contributed by atoms with Crippen LogP contribution in [0.2, 0.25) is 0 Å². The summed E-state index contributed by atoms with van der Waals surface area (Å²) in [4.78, 5) is 22.5. The number of pyridine rings is 1. The van der Waals surface area contributed by atoms with E-state index >= 15 is 0 Å². The normalized spacial score (nSPS) is 11.2. The van der Waals surface area contributed by atoms with E-state index < -0.39 is 0 Å². The summed E-state index contributed by atoms with van der Waals surface area (Å²) in [6.07, 6.45) is 6.40. The Hall–Kier alpha value is -2.43. The van der Waals surface area contributed by atoms with Gasteiger partial charge in [0.1, 0.15) is 6.26 Å². The van der Waals surface area contributed by atoms with Crippen LogP contribution in [0.3, 0.4) is 0 Å². The van der Waals surface area contributed by atoms with Crippen LogP contribution in [0, 0.1) is 0 Å². The minimum absolute atomic E-state index is 0.179. The Kier molecular flexibility index (Phi) is 4.21. The van der Waals surface area contributed by atoms with Gasteiger partial charge in [0.2, 0.25) is 5.89 Å². The first-order valence-electron chi connectivity index (χ1n) is 6.72. The first-order valence-corrected chi connectivity index (χ1v) is 6.72. The number of carbonyl (C=O) groups excluding carboxylic acids is 1. The summed E-state index contributed by atoms with van der Waals surface area (Å²) in [5.41, 5.74) is 0.701. The summed E-state index contributed by atoms with van der Waals surface area (Å²) in [5, 5.41) is 0. The second-order valence-electron chi connectivity index (χ2n) is 5.65. The third-order valence-corrected chi connectivity index (χ3v) is 3.00. The van der Waals surface area contributed by atoms with Gasteiger partial charge in [0.15, 0.2) is 5.69 Å². The van der Waals surface area contributed by atoms with E-state index in [2.05, 4.69) is 16.5 Å². The Morgan fingerprint density at radius 3 is 2.81 bits per heavy atom. The third-order valence-electron chi connectivity index (χ3n) is 3.00. The quantitative estimate of drug-likeness (QED) is 0.810. The van der Waals surface area contributed by atoms with Crippen molar-refractivity contribution in [2.45, 2.75) is 26.3 Å². The third kappa shape index (κ3) is 3.37. The molecule has 0 aliphatic carbocycles. The molecule has 0 spiro atoms. The van der Waals surface area contributed by atoms with Crippen molar-refractivity contribution in [2.75, 3.05) is 6.54 Å². The molecule has 2 rings (SSSR count). The Labute approximate surface area is 124 Å². The number of amides is 1. The number of aromatic nitrogens is 2.